The van der Waals surface area contributed by atoms with Crippen molar-refractivity contribution in [1.29, 1.82) is 0 Å². The predicted molar refractivity (Wildman–Crippen MR) is 89.6 cm³/mol. The zero-order valence-corrected chi connectivity index (χ0v) is 13.6. The van der Waals surface area contributed by atoms with E-state index in [1.54, 1.807) is 0 Å². The Morgan fingerprint density at radius 2 is 1.86 bits per heavy atom. The van der Waals surface area contributed by atoms with Crippen LogP contribution in [0.3, 0.4) is 0 Å². The molecule has 0 unspecified atom stereocenters. The van der Waals surface area contributed by atoms with Crippen molar-refractivity contribution in [2.75, 3.05) is 32.8 Å². The SMILES string of the molecule is C[C@H](C#CCN1CCCCC1)OCCOCc1ccccc1. The van der Waals surface area contributed by atoms with Gasteiger partial charge in [0.25, 0.3) is 0 Å². The molecule has 22 heavy (non-hydrogen) atoms. The average Bonchev–Trinajstić information content (AvgIpc) is 2.56. The first kappa shape index (κ1) is 17.0. The monoisotopic (exact) mass is 301 g/mol. The molecule has 0 N–H and O–H groups in total. The van der Waals surface area contributed by atoms with Crippen LogP contribution in [0.4, 0.5) is 0 Å². The van der Waals surface area contributed by atoms with Gasteiger partial charge in [0.1, 0.15) is 6.10 Å². The molecule has 0 bridgehead atoms. The van der Waals surface area contributed by atoms with E-state index in [1.807, 2.05) is 25.1 Å². The molecule has 0 aliphatic carbocycles. The molecular formula is C19H27NO2. The molecule has 0 aromatic heterocycles. The van der Waals surface area contributed by atoms with Crippen LogP contribution in [0.1, 0.15) is 31.7 Å². The Morgan fingerprint density at radius 1 is 1.09 bits per heavy atom. The topological polar surface area (TPSA) is 21.7 Å². The van der Waals surface area contributed by atoms with Crippen molar-refractivity contribution in [3.63, 3.8) is 0 Å². The molecular weight excluding hydrogens is 274 g/mol. The van der Waals surface area contributed by atoms with E-state index in [0.717, 1.165) is 6.54 Å². The third-order valence-electron chi connectivity index (χ3n) is 3.76. The van der Waals surface area contributed by atoms with Gasteiger partial charge in [-0.3, -0.25) is 4.90 Å². The van der Waals surface area contributed by atoms with Crippen molar-refractivity contribution in [3.8, 4) is 11.8 Å². The van der Waals surface area contributed by atoms with E-state index in [-0.39, 0.29) is 6.10 Å². The van der Waals surface area contributed by atoms with Gasteiger partial charge in [-0.05, 0) is 38.4 Å². The number of ether oxygens (including phenoxy) is 2. The quantitative estimate of drug-likeness (QED) is 0.570. The summed E-state index contributed by atoms with van der Waals surface area (Å²) in [5.41, 5.74) is 1.19. The third-order valence-corrected chi connectivity index (χ3v) is 3.76. The molecule has 1 fully saturated rings. The van der Waals surface area contributed by atoms with Crippen LogP contribution >= 0.6 is 0 Å². The lowest BCUT2D eigenvalue weighted by Crippen LogP contribution is -2.30. The number of hydrogen-bond acceptors (Lipinski definition) is 3. The van der Waals surface area contributed by atoms with Crippen LogP contribution in [0, 0.1) is 11.8 Å². The molecule has 3 nitrogen and oxygen atoms in total. The van der Waals surface area contributed by atoms with Gasteiger partial charge in [-0.1, -0.05) is 48.6 Å². The van der Waals surface area contributed by atoms with Crippen LogP contribution in [-0.2, 0) is 16.1 Å². The van der Waals surface area contributed by atoms with E-state index in [4.69, 9.17) is 9.47 Å². The summed E-state index contributed by atoms with van der Waals surface area (Å²) < 4.78 is 11.2. The number of piperidine rings is 1. The Kier molecular flexibility index (Phi) is 8.04. The molecule has 1 aliphatic rings. The molecule has 120 valence electrons. The van der Waals surface area contributed by atoms with Gasteiger partial charge < -0.3 is 9.47 Å². The molecule has 0 amide bonds. The predicted octanol–water partition coefficient (Wildman–Crippen LogP) is 3.10. The maximum Gasteiger partial charge on any atom is 0.115 e. The minimum Gasteiger partial charge on any atom is -0.374 e. The van der Waals surface area contributed by atoms with Gasteiger partial charge in [-0.25, -0.2) is 0 Å². The Morgan fingerprint density at radius 3 is 2.64 bits per heavy atom. The smallest absolute Gasteiger partial charge is 0.115 e. The number of likely N-dealkylation sites (tertiary alicyclic amines) is 1. The summed E-state index contributed by atoms with van der Waals surface area (Å²) in [4.78, 5) is 2.42. The number of nitrogens with zero attached hydrogens (tertiary/aromatic N) is 1. The van der Waals surface area contributed by atoms with Gasteiger partial charge in [0.15, 0.2) is 0 Å². The highest BCUT2D eigenvalue weighted by molar-refractivity contribution is 5.13. The first-order valence-electron chi connectivity index (χ1n) is 8.28. The van der Waals surface area contributed by atoms with E-state index in [1.165, 1.54) is 37.9 Å². The van der Waals surface area contributed by atoms with Crippen LogP contribution < -0.4 is 0 Å². The highest BCUT2D eigenvalue weighted by Crippen LogP contribution is 2.07. The van der Waals surface area contributed by atoms with Crippen molar-refractivity contribution in [2.24, 2.45) is 0 Å². The Labute approximate surface area is 134 Å². The molecule has 0 radical (unpaired) electrons. The van der Waals surface area contributed by atoms with E-state index in [2.05, 4.69) is 28.9 Å². The fourth-order valence-corrected chi connectivity index (χ4v) is 2.51. The van der Waals surface area contributed by atoms with Crippen LogP contribution in [0.5, 0.6) is 0 Å². The highest BCUT2D eigenvalue weighted by Gasteiger charge is 2.07. The summed E-state index contributed by atoms with van der Waals surface area (Å²) in [6.07, 6.45) is 3.97. The van der Waals surface area contributed by atoms with Crippen molar-refractivity contribution < 1.29 is 9.47 Å². The van der Waals surface area contributed by atoms with Gasteiger partial charge in [0.05, 0.1) is 26.4 Å². The summed E-state index contributed by atoms with van der Waals surface area (Å²) >= 11 is 0. The van der Waals surface area contributed by atoms with Crippen LogP contribution in [0.15, 0.2) is 30.3 Å². The molecule has 1 aromatic rings. The Balaban J connectivity index is 1.51. The van der Waals surface area contributed by atoms with Crippen LogP contribution in [-0.4, -0.2) is 43.9 Å². The lowest BCUT2D eigenvalue weighted by atomic mass is 10.1. The van der Waals surface area contributed by atoms with Crippen molar-refractivity contribution in [2.45, 2.75) is 38.9 Å². The molecule has 1 saturated heterocycles. The number of benzene rings is 1. The Bertz CT molecular complexity index is 457. The van der Waals surface area contributed by atoms with Crippen molar-refractivity contribution in [1.82, 2.24) is 4.90 Å². The standard InChI is InChI=1S/C19H27NO2/c1-18(9-8-14-20-12-6-3-7-13-20)22-16-15-21-17-19-10-4-2-5-11-19/h2,4-5,10-11,18H,3,6-7,12-17H2,1H3/t18-/m1/s1. The third kappa shape index (κ3) is 7.09. The molecule has 1 aromatic carbocycles. The summed E-state index contributed by atoms with van der Waals surface area (Å²) in [6, 6.07) is 10.2. The first-order valence-corrected chi connectivity index (χ1v) is 8.28. The van der Waals surface area contributed by atoms with E-state index in [0.29, 0.717) is 19.8 Å². The summed E-state index contributed by atoms with van der Waals surface area (Å²) in [6.45, 7) is 7.09. The number of rotatable bonds is 7. The molecule has 1 atom stereocenters. The first-order chi connectivity index (χ1) is 10.8. The van der Waals surface area contributed by atoms with Gasteiger partial charge in [-0.2, -0.15) is 0 Å². The number of hydrogen-bond donors (Lipinski definition) is 0. The molecule has 1 heterocycles. The summed E-state index contributed by atoms with van der Waals surface area (Å²) in [5.74, 6) is 6.40. The molecule has 0 saturated carbocycles. The fraction of sp³-hybridized carbons (Fsp3) is 0.579. The maximum atomic E-state index is 5.65. The van der Waals surface area contributed by atoms with Gasteiger partial charge in [0, 0.05) is 0 Å². The molecule has 3 heteroatoms. The summed E-state index contributed by atoms with van der Waals surface area (Å²) in [7, 11) is 0. The second-order valence-electron chi connectivity index (χ2n) is 5.71. The highest BCUT2D eigenvalue weighted by atomic mass is 16.5. The largest absolute Gasteiger partial charge is 0.374 e. The second-order valence-corrected chi connectivity index (χ2v) is 5.71. The summed E-state index contributed by atoms with van der Waals surface area (Å²) in [5, 5.41) is 0. The minimum atomic E-state index is -0.0230. The van der Waals surface area contributed by atoms with Gasteiger partial charge in [-0.15, -0.1) is 0 Å². The van der Waals surface area contributed by atoms with Gasteiger partial charge in [0.2, 0.25) is 0 Å². The van der Waals surface area contributed by atoms with E-state index >= 15 is 0 Å². The van der Waals surface area contributed by atoms with Crippen LogP contribution in [0.2, 0.25) is 0 Å². The molecule has 2 rings (SSSR count). The average molecular weight is 301 g/mol. The van der Waals surface area contributed by atoms with Crippen molar-refractivity contribution >= 4 is 0 Å². The fourth-order valence-electron chi connectivity index (χ4n) is 2.51. The maximum absolute atomic E-state index is 5.65. The van der Waals surface area contributed by atoms with E-state index in [9.17, 15) is 0 Å². The molecule has 1 aliphatic heterocycles. The zero-order valence-electron chi connectivity index (χ0n) is 13.6. The Hall–Kier alpha value is -1.34. The second kappa shape index (κ2) is 10.4. The minimum absolute atomic E-state index is 0.0230. The van der Waals surface area contributed by atoms with Gasteiger partial charge >= 0.3 is 0 Å². The van der Waals surface area contributed by atoms with Crippen LogP contribution in [0.25, 0.3) is 0 Å². The van der Waals surface area contributed by atoms with Crippen molar-refractivity contribution in [3.05, 3.63) is 35.9 Å². The lowest BCUT2D eigenvalue weighted by Gasteiger charge is -2.23. The molecule has 0 spiro atoms. The zero-order chi connectivity index (χ0) is 15.5. The van der Waals surface area contributed by atoms with E-state index < -0.39 is 0 Å². The normalized spacial score (nSPS) is 16.8. The lowest BCUT2D eigenvalue weighted by molar-refractivity contribution is 0.0265.